The van der Waals surface area contributed by atoms with E-state index in [4.69, 9.17) is 10.3 Å². The molecule has 0 bridgehead atoms. The summed E-state index contributed by atoms with van der Waals surface area (Å²) in [5, 5.41) is 0. The number of carbonyl (C=O) groups excluding carboxylic acids is 1. The van der Waals surface area contributed by atoms with Gasteiger partial charge in [0.15, 0.2) is 0 Å². The monoisotopic (exact) mass is 338 g/mol. The first-order chi connectivity index (χ1) is 10.5. The van der Waals surface area contributed by atoms with E-state index in [1.807, 2.05) is 30.3 Å². The average Bonchev–Trinajstić information content (AvgIpc) is 2.50. The third-order valence-electron chi connectivity index (χ3n) is 2.70. The average molecular weight is 338 g/mol. The predicted molar refractivity (Wildman–Crippen MR) is 87.2 cm³/mol. The quantitative estimate of drug-likeness (QED) is 0.440. The van der Waals surface area contributed by atoms with Gasteiger partial charge in [-0.25, -0.2) is 9.00 Å². The van der Waals surface area contributed by atoms with Gasteiger partial charge in [0.1, 0.15) is 0 Å². The SMILES string of the molecule is COC(=O)c1cc(N)c(Sc2ccccc2)c(NS(=O)O)c1. The Labute approximate surface area is 134 Å². The van der Waals surface area contributed by atoms with Gasteiger partial charge in [-0.3, -0.25) is 9.27 Å². The molecule has 116 valence electrons. The van der Waals surface area contributed by atoms with Crippen molar-refractivity contribution in [3.8, 4) is 0 Å². The number of rotatable bonds is 5. The molecule has 1 atom stereocenters. The molecule has 2 aromatic rings. The number of hydrogen-bond donors (Lipinski definition) is 3. The summed E-state index contributed by atoms with van der Waals surface area (Å²) in [4.78, 5) is 13.1. The lowest BCUT2D eigenvalue weighted by Gasteiger charge is -2.13. The normalized spacial score (nSPS) is 11.7. The van der Waals surface area contributed by atoms with E-state index in [0.717, 1.165) is 4.90 Å². The first kappa shape index (κ1) is 16.3. The minimum Gasteiger partial charge on any atom is -0.465 e. The maximum absolute atomic E-state index is 11.6. The number of nitrogens with one attached hydrogen (secondary N) is 1. The molecule has 1 unspecified atom stereocenters. The van der Waals surface area contributed by atoms with E-state index in [-0.39, 0.29) is 11.3 Å². The lowest BCUT2D eigenvalue weighted by Crippen LogP contribution is -2.08. The van der Waals surface area contributed by atoms with E-state index in [9.17, 15) is 9.00 Å². The minimum atomic E-state index is -2.29. The van der Waals surface area contributed by atoms with Gasteiger partial charge in [0.05, 0.1) is 23.3 Å². The van der Waals surface area contributed by atoms with Crippen LogP contribution in [0.2, 0.25) is 0 Å². The number of esters is 1. The van der Waals surface area contributed by atoms with Crippen LogP contribution in [0.4, 0.5) is 11.4 Å². The second-order valence-electron chi connectivity index (χ2n) is 4.20. The van der Waals surface area contributed by atoms with Crippen molar-refractivity contribution < 1.29 is 18.3 Å². The molecule has 0 aromatic heterocycles. The number of ether oxygens (including phenoxy) is 1. The highest BCUT2D eigenvalue weighted by Crippen LogP contribution is 2.39. The van der Waals surface area contributed by atoms with Gasteiger partial charge >= 0.3 is 5.97 Å². The Hall–Kier alpha value is -2.03. The molecule has 0 aliphatic rings. The summed E-state index contributed by atoms with van der Waals surface area (Å²) in [5.41, 5.74) is 6.79. The van der Waals surface area contributed by atoms with Crippen LogP contribution in [0.25, 0.3) is 0 Å². The maximum Gasteiger partial charge on any atom is 0.337 e. The lowest BCUT2D eigenvalue weighted by molar-refractivity contribution is 0.0600. The van der Waals surface area contributed by atoms with Crippen molar-refractivity contribution in [3.63, 3.8) is 0 Å². The van der Waals surface area contributed by atoms with Gasteiger partial charge in [-0.15, -0.1) is 0 Å². The van der Waals surface area contributed by atoms with Crippen LogP contribution >= 0.6 is 11.8 Å². The molecule has 4 N–H and O–H groups in total. The molecule has 0 aliphatic carbocycles. The number of hydrogen-bond acceptors (Lipinski definition) is 5. The number of methoxy groups -OCH3 is 1. The highest BCUT2D eigenvalue weighted by atomic mass is 32.2. The van der Waals surface area contributed by atoms with E-state index in [0.29, 0.717) is 10.6 Å². The van der Waals surface area contributed by atoms with Crippen molar-refractivity contribution >= 4 is 40.4 Å². The van der Waals surface area contributed by atoms with E-state index in [1.165, 1.54) is 31.0 Å². The summed E-state index contributed by atoms with van der Waals surface area (Å²) in [6.07, 6.45) is 0. The van der Waals surface area contributed by atoms with Gasteiger partial charge in [-0.1, -0.05) is 30.0 Å². The molecule has 2 rings (SSSR count). The van der Waals surface area contributed by atoms with E-state index in [2.05, 4.69) is 9.46 Å². The van der Waals surface area contributed by atoms with Gasteiger partial charge in [0.25, 0.3) is 11.3 Å². The molecule has 0 fully saturated rings. The topological polar surface area (TPSA) is 102 Å². The summed E-state index contributed by atoms with van der Waals surface area (Å²) in [6.45, 7) is 0. The summed E-state index contributed by atoms with van der Waals surface area (Å²) >= 11 is -0.962. The first-order valence-electron chi connectivity index (χ1n) is 6.13. The summed E-state index contributed by atoms with van der Waals surface area (Å²) < 4.78 is 27.2. The second kappa shape index (κ2) is 7.30. The fourth-order valence-electron chi connectivity index (χ4n) is 1.78. The van der Waals surface area contributed by atoms with Crippen molar-refractivity contribution in [2.75, 3.05) is 17.6 Å². The largest absolute Gasteiger partial charge is 0.465 e. The van der Waals surface area contributed by atoms with Gasteiger partial charge < -0.3 is 10.5 Å². The maximum atomic E-state index is 11.6. The van der Waals surface area contributed by atoms with Crippen molar-refractivity contribution in [2.45, 2.75) is 9.79 Å². The lowest BCUT2D eigenvalue weighted by atomic mass is 10.2. The Morgan fingerprint density at radius 1 is 1.32 bits per heavy atom. The van der Waals surface area contributed by atoms with Crippen LogP contribution in [-0.4, -0.2) is 21.8 Å². The van der Waals surface area contributed by atoms with Gasteiger partial charge in [-0.2, -0.15) is 0 Å². The zero-order valence-electron chi connectivity index (χ0n) is 11.6. The molecular weight excluding hydrogens is 324 g/mol. The molecule has 0 aliphatic heterocycles. The van der Waals surface area contributed by atoms with Crippen LogP contribution in [0.5, 0.6) is 0 Å². The van der Waals surface area contributed by atoms with Gasteiger partial charge in [-0.05, 0) is 24.3 Å². The van der Waals surface area contributed by atoms with Crippen LogP contribution in [0.1, 0.15) is 10.4 Å². The highest BCUT2D eigenvalue weighted by Gasteiger charge is 2.16. The zero-order valence-corrected chi connectivity index (χ0v) is 13.2. The van der Waals surface area contributed by atoms with E-state index >= 15 is 0 Å². The molecular formula is C14H14N2O4S2. The second-order valence-corrected chi connectivity index (χ2v) is 5.99. The number of carbonyl (C=O) groups is 1. The molecule has 8 heteroatoms. The Morgan fingerprint density at radius 3 is 2.59 bits per heavy atom. The number of nitrogen functional groups attached to an aromatic ring is 1. The first-order valence-corrected chi connectivity index (χ1v) is 8.06. The molecule has 0 spiro atoms. The molecule has 6 nitrogen and oxygen atoms in total. The standard InChI is InChI=1S/C14H14N2O4S2/c1-20-14(17)9-7-11(15)13(12(8-9)16-22(18)19)21-10-5-3-2-4-6-10/h2-8,16H,15H2,1H3,(H,18,19). The number of benzene rings is 2. The van der Waals surface area contributed by atoms with E-state index in [1.54, 1.807) is 0 Å². The highest BCUT2D eigenvalue weighted by molar-refractivity contribution is 7.99. The third-order valence-corrected chi connectivity index (χ3v) is 4.26. The van der Waals surface area contributed by atoms with Crippen molar-refractivity contribution in [3.05, 3.63) is 48.0 Å². The zero-order chi connectivity index (χ0) is 16.1. The van der Waals surface area contributed by atoms with Crippen molar-refractivity contribution in [1.29, 1.82) is 0 Å². The molecule has 0 saturated heterocycles. The predicted octanol–water partition coefficient (Wildman–Crippen LogP) is 2.76. The number of nitrogens with two attached hydrogens (primary N) is 1. The fraction of sp³-hybridized carbons (Fsp3) is 0.0714. The smallest absolute Gasteiger partial charge is 0.337 e. The van der Waals surface area contributed by atoms with Gasteiger partial charge in [0.2, 0.25) is 0 Å². The van der Waals surface area contributed by atoms with Crippen LogP contribution in [0, 0.1) is 0 Å². The Bertz CT molecular complexity index is 707. The van der Waals surface area contributed by atoms with Crippen molar-refractivity contribution in [1.82, 2.24) is 0 Å². The number of anilines is 2. The van der Waals surface area contributed by atoms with Crippen molar-refractivity contribution in [2.24, 2.45) is 0 Å². The molecule has 0 radical (unpaired) electrons. The van der Waals surface area contributed by atoms with Crippen LogP contribution in [0.15, 0.2) is 52.3 Å². The van der Waals surface area contributed by atoms with Gasteiger partial charge in [0, 0.05) is 10.6 Å². The van der Waals surface area contributed by atoms with Crippen LogP contribution < -0.4 is 10.5 Å². The molecule has 0 heterocycles. The Balaban J connectivity index is 2.46. The molecule has 0 saturated carbocycles. The summed E-state index contributed by atoms with van der Waals surface area (Å²) in [5.74, 6) is -0.574. The van der Waals surface area contributed by atoms with E-state index < -0.39 is 17.2 Å². The molecule has 0 amide bonds. The Kier molecular flexibility index (Phi) is 5.42. The Morgan fingerprint density at radius 2 is 2.00 bits per heavy atom. The van der Waals surface area contributed by atoms with Crippen LogP contribution in [-0.2, 0) is 16.0 Å². The third kappa shape index (κ3) is 4.00. The summed E-state index contributed by atoms with van der Waals surface area (Å²) in [7, 11) is 1.25. The molecule has 2 aromatic carbocycles. The molecule has 22 heavy (non-hydrogen) atoms. The summed E-state index contributed by atoms with van der Waals surface area (Å²) in [6, 6.07) is 12.3. The van der Waals surface area contributed by atoms with Crippen LogP contribution in [0.3, 0.4) is 0 Å². The fourth-order valence-corrected chi connectivity index (χ4v) is 3.12. The minimum absolute atomic E-state index is 0.199.